The third kappa shape index (κ3) is 3.26. The van der Waals surface area contributed by atoms with Crippen LogP contribution in [0.2, 0.25) is 0 Å². The molecular weight excluding hydrogens is 425 g/mol. The van der Waals surface area contributed by atoms with Gasteiger partial charge in [0, 0.05) is 36.4 Å². The zero-order chi connectivity index (χ0) is 22.5. The summed E-state index contributed by atoms with van der Waals surface area (Å²) in [4.78, 5) is 11.4. The molecule has 0 amide bonds. The first kappa shape index (κ1) is 19.6. The molecule has 0 bridgehead atoms. The van der Waals surface area contributed by atoms with Crippen LogP contribution >= 0.6 is 0 Å². The molecule has 0 radical (unpaired) electrons. The van der Waals surface area contributed by atoms with Gasteiger partial charge < -0.3 is 19.8 Å². The highest BCUT2D eigenvalue weighted by molar-refractivity contribution is 5.97. The van der Waals surface area contributed by atoms with Gasteiger partial charge in [0.1, 0.15) is 17.2 Å². The number of morpholine rings is 1. The minimum Gasteiger partial charge on any atom is -0.403 e. The smallest absolute Gasteiger partial charge is 0.313 e. The highest BCUT2D eigenvalue weighted by Crippen LogP contribution is 2.36. The van der Waals surface area contributed by atoms with E-state index < -0.39 is 0 Å². The van der Waals surface area contributed by atoms with Crippen LogP contribution in [0.25, 0.3) is 39.1 Å². The van der Waals surface area contributed by atoms with E-state index in [0.717, 1.165) is 41.2 Å². The number of nitrogen functional groups attached to an aromatic ring is 1. The van der Waals surface area contributed by atoms with Gasteiger partial charge >= 0.3 is 6.01 Å². The molecular formula is C23H20FN7O2. The maximum atomic E-state index is 13.8. The van der Waals surface area contributed by atoms with Gasteiger partial charge in [0.25, 0.3) is 5.89 Å². The number of aromatic nitrogens is 5. The molecule has 3 aromatic heterocycles. The van der Waals surface area contributed by atoms with E-state index in [1.54, 1.807) is 12.3 Å². The monoisotopic (exact) mass is 445 g/mol. The molecule has 6 rings (SSSR count). The van der Waals surface area contributed by atoms with E-state index in [4.69, 9.17) is 19.9 Å². The zero-order valence-corrected chi connectivity index (χ0v) is 17.8. The molecule has 5 aromatic rings. The van der Waals surface area contributed by atoms with Crippen molar-refractivity contribution >= 4 is 33.6 Å². The van der Waals surface area contributed by atoms with Crippen molar-refractivity contribution in [2.24, 2.45) is 0 Å². The van der Waals surface area contributed by atoms with E-state index in [-0.39, 0.29) is 11.8 Å². The Morgan fingerprint density at radius 2 is 1.91 bits per heavy atom. The normalized spacial score (nSPS) is 14.4. The van der Waals surface area contributed by atoms with Crippen LogP contribution in [0, 0.1) is 12.7 Å². The number of aryl methyl sites for hydroxylation is 1. The number of fused-ring (bicyclic) bond motifs is 2. The van der Waals surface area contributed by atoms with Crippen LogP contribution < -0.4 is 10.6 Å². The Kier molecular flexibility index (Phi) is 4.47. The number of hydrogen-bond acceptors (Lipinski definition) is 8. The van der Waals surface area contributed by atoms with Gasteiger partial charge in [-0.05, 0) is 37.3 Å². The molecule has 2 N–H and O–H groups in total. The predicted octanol–water partition coefficient (Wildman–Crippen LogP) is 3.49. The number of pyridine rings is 1. The maximum absolute atomic E-state index is 13.8. The molecule has 9 nitrogen and oxygen atoms in total. The van der Waals surface area contributed by atoms with E-state index in [9.17, 15) is 4.39 Å². The molecule has 0 spiro atoms. The number of anilines is 2. The van der Waals surface area contributed by atoms with Gasteiger partial charge in [-0.3, -0.25) is 9.55 Å². The number of rotatable bonds is 3. The molecule has 1 aliphatic rings. The van der Waals surface area contributed by atoms with Crippen molar-refractivity contribution in [3.8, 4) is 17.1 Å². The van der Waals surface area contributed by atoms with Gasteiger partial charge in [0.2, 0.25) is 0 Å². The molecule has 0 atom stereocenters. The number of nitrogens with two attached hydrogens (primary N) is 1. The molecule has 166 valence electrons. The number of ether oxygens (including phenoxy) is 1. The van der Waals surface area contributed by atoms with Crippen LogP contribution in [0.5, 0.6) is 0 Å². The van der Waals surface area contributed by atoms with Crippen LogP contribution in [0.4, 0.5) is 16.1 Å². The first-order chi connectivity index (χ1) is 16.1. The van der Waals surface area contributed by atoms with Gasteiger partial charge in [-0.1, -0.05) is 5.10 Å². The summed E-state index contributed by atoms with van der Waals surface area (Å²) in [6.45, 7) is 4.76. The van der Waals surface area contributed by atoms with Crippen LogP contribution in [-0.2, 0) is 4.74 Å². The zero-order valence-electron chi connectivity index (χ0n) is 17.8. The van der Waals surface area contributed by atoms with Crippen molar-refractivity contribution in [1.82, 2.24) is 24.7 Å². The third-order valence-electron chi connectivity index (χ3n) is 5.88. The van der Waals surface area contributed by atoms with Crippen molar-refractivity contribution < 1.29 is 13.5 Å². The lowest BCUT2D eigenvalue weighted by atomic mass is 10.1. The van der Waals surface area contributed by atoms with Crippen LogP contribution in [-0.4, -0.2) is 51.0 Å². The second kappa shape index (κ2) is 7.52. The highest BCUT2D eigenvalue weighted by atomic mass is 19.1. The first-order valence-electron chi connectivity index (χ1n) is 10.6. The average Bonchev–Trinajstić information content (AvgIpc) is 3.40. The SMILES string of the molecule is Cc1nc2c(-c3nnc(N)o3)cc(N3CCOCC3)cc2n1-c1ccnc2cc(F)ccc12. The fourth-order valence-electron chi connectivity index (χ4n) is 4.39. The minimum atomic E-state index is -0.328. The van der Waals surface area contributed by atoms with E-state index in [1.807, 2.05) is 23.6 Å². The van der Waals surface area contributed by atoms with E-state index in [0.29, 0.717) is 35.7 Å². The van der Waals surface area contributed by atoms with Gasteiger partial charge in [0.15, 0.2) is 0 Å². The Bertz CT molecular complexity index is 1500. The Balaban J connectivity index is 1.65. The van der Waals surface area contributed by atoms with Crippen LogP contribution in [0.1, 0.15) is 5.82 Å². The number of imidazole rings is 1. The summed E-state index contributed by atoms with van der Waals surface area (Å²) >= 11 is 0. The topological polar surface area (TPSA) is 108 Å². The summed E-state index contributed by atoms with van der Waals surface area (Å²) in [6.07, 6.45) is 1.67. The first-order valence-corrected chi connectivity index (χ1v) is 10.6. The van der Waals surface area contributed by atoms with E-state index >= 15 is 0 Å². The predicted molar refractivity (Wildman–Crippen MR) is 122 cm³/mol. The average molecular weight is 445 g/mol. The third-order valence-corrected chi connectivity index (χ3v) is 5.88. The molecule has 0 aliphatic carbocycles. The summed E-state index contributed by atoms with van der Waals surface area (Å²) in [5.41, 5.74) is 10.4. The molecule has 10 heteroatoms. The second-order valence-electron chi connectivity index (χ2n) is 7.89. The standard InChI is InChI=1S/C23H20FN7O2/c1-13-27-21-17(22-28-29-23(25)33-22)11-15(30-6-8-32-9-7-30)12-20(21)31(13)19-4-5-26-18-10-14(24)2-3-16(18)19/h2-5,10-12H,6-9H2,1H3,(H2,25,29). The number of nitrogens with zero attached hydrogens (tertiary/aromatic N) is 6. The molecule has 4 heterocycles. The Labute approximate surface area is 187 Å². The molecule has 0 unspecified atom stereocenters. The lowest BCUT2D eigenvalue weighted by Crippen LogP contribution is -2.36. The summed E-state index contributed by atoms with van der Waals surface area (Å²) in [5.74, 6) is 0.735. The van der Waals surface area contributed by atoms with Gasteiger partial charge in [-0.15, -0.1) is 5.10 Å². The van der Waals surface area contributed by atoms with Gasteiger partial charge in [-0.2, -0.15) is 0 Å². The van der Waals surface area contributed by atoms with Crippen molar-refractivity contribution in [2.45, 2.75) is 6.92 Å². The lowest BCUT2D eigenvalue weighted by Gasteiger charge is -2.29. The number of benzene rings is 2. The highest BCUT2D eigenvalue weighted by Gasteiger charge is 2.22. The summed E-state index contributed by atoms with van der Waals surface area (Å²) in [7, 11) is 0. The fourth-order valence-corrected chi connectivity index (χ4v) is 4.39. The molecule has 0 saturated carbocycles. The van der Waals surface area contributed by atoms with Crippen molar-refractivity contribution in [2.75, 3.05) is 36.9 Å². The quantitative estimate of drug-likeness (QED) is 0.450. The summed E-state index contributed by atoms with van der Waals surface area (Å²) < 4.78 is 27.0. The molecule has 1 saturated heterocycles. The van der Waals surface area contributed by atoms with Gasteiger partial charge in [-0.25, -0.2) is 9.37 Å². The van der Waals surface area contributed by atoms with Crippen molar-refractivity contribution in [3.05, 3.63) is 54.2 Å². The number of halogens is 1. The Hall–Kier alpha value is -4.05. The van der Waals surface area contributed by atoms with E-state index in [2.05, 4.69) is 26.1 Å². The summed E-state index contributed by atoms with van der Waals surface area (Å²) in [5, 5.41) is 8.76. The van der Waals surface area contributed by atoms with Gasteiger partial charge in [0.05, 0.1) is 35.5 Å². The molecule has 1 fully saturated rings. The minimum absolute atomic E-state index is 0.00626. The van der Waals surface area contributed by atoms with Crippen LogP contribution in [0.3, 0.4) is 0 Å². The Morgan fingerprint density at radius 1 is 1.06 bits per heavy atom. The maximum Gasteiger partial charge on any atom is 0.313 e. The molecule has 2 aromatic carbocycles. The van der Waals surface area contributed by atoms with E-state index in [1.165, 1.54) is 12.1 Å². The molecule has 33 heavy (non-hydrogen) atoms. The lowest BCUT2D eigenvalue weighted by molar-refractivity contribution is 0.122. The number of hydrogen-bond donors (Lipinski definition) is 1. The van der Waals surface area contributed by atoms with Crippen LogP contribution in [0.15, 0.2) is 47.0 Å². The summed E-state index contributed by atoms with van der Waals surface area (Å²) in [6, 6.07) is 10.6. The molecule has 1 aliphatic heterocycles. The Morgan fingerprint density at radius 3 is 2.70 bits per heavy atom. The fraction of sp³-hybridized carbons (Fsp3) is 0.217. The second-order valence-corrected chi connectivity index (χ2v) is 7.89. The van der Waals surface area contributed by atoms with Crippen molar-refractivity contribution in [3.63, 3.8) is 0 Å². The van der Waals surface area contributed by atoms with Crippen molar-refractivity contribution in [1.29, 1.82) is 0 Å². The largest absolute Gasteiger partial charge is 0.403 e.